The highest BCUT2D eigenvalue weighted by molar-refractivity contribution is 5.88. The molecule has 0 aliphatic rings. The van der Waals surface area contributed by atoms with Gasteiger partial charge in [-0.25, -0.2) is 4.79 Å². The largest absolute Gasteiger partial charge is 0.459 e. The maximum absolute atomic E-state index is 10.5. The SMILES string of the molecule is COC(=O)C#CCNC(C)(C)C. The summed E-state index contributed by atoms with van der Waals surface area (Å²) in [5.41, 5.74) is 0.0325. The Balaban J connectivity index is 3.67. The van der Waals surface area contributed by atoms with Gasteiger partial charge in [0, 0.05) is 11.5 Å². The minimum absolute atomic E-state index is 0.0325. The van der Waals surface area contributed by atoms with Crippen molar-refractivity contribution in [3.05, 3.63) is 0 Å². The second-order valence-electron chi connectivity index (χ2n) is 3.40. The van der Waals surface area contributed by atoms with E-state index in [9.17, 15) is 4.79 Å². The van der Waals surface area contributed by atoms with Crippen LogP contribution in [-0.4, -0.2) is 25.2 Å². The van der Waals surface area contributed by atoms with Crippen molar-refractivity contribution in [1.82, 2.24) is 5.32 Å². The Kier molecular flexibility index (Phi) is 4.38. The minimum Gasteiger partial charge on any atom is -0.459 e. The summed E-state index contributed by atoms with van der Waals surface area (Å²) in [4.78, 5) is 10.5. The van der Waals surface area contributed by atoms with Crippen molar-refractivity contribution in [2.45, 2.75) is 26.3 Å². The molecule has 0 amide bonds. The summed E-state index contributed by atoms with van der Waals surface area (Å²) >= 11 is 0. The average Bonchev–Trinajstić information content (AvgIpc) is 1.96. The zero-order chi connectivity index (χ0) is 9.61. The molecule has 12 heavy (non-hydrogen) atoms. The summed E-state index contributed by atoms with van der Waals surface area (Å²) in [6.07, 6.45) is 0. The number of rotatable bonds is 1. The smallest absolute Gasteiger partial charge is 0.384 e. The molecule has 3 nitrogen and oxygen atoms in total. The second kappa shape index (κ2) is 4.78. The minimum atomic E-state index is -0.495. The van der Waals surface area contributed by atoms with E-state index in [1.165, 1.54) is 7.11 Å². The predicted octanol–water partition coefficient (Wildman–Crippen LogP) is 0.551. The van der Waals surface area contributed by atoms with Crippen LogP contribution in [0.3, 0.4) is 0 Å². The fourth-order valence-corrected chi connectivity index (χ4v) is 0.477. The van der Waals surface area contributed by atoms with Gasteiger partial charge in [0.1, 0.15) is 0 Å². The average molecular weight is 169 g/mol. The van der Waals surface area contributed by atoms with Gasteiger partial charge in [0.15, 0.2) is 0 Å². The zero-order valence-electron chi connectivity index (χ0n) is 8.02. The third kappa shape index (κ3) is 7.10. The third-order valence-corrected chi connectivity index (χ3v) is 1.08. The van der Waals surface area contributed by atoms with Gasteiger partial charge in [0.2, 0.25) is 0 Å². The van der Waals surface area contributed by atoms with E-state index in [0.717, 1.165) is 0 Å². The molecule has 0 unspecified atom stereocenters. The summed E-state index contributed by atoms with van der Waals surface area (Å²) in [7, 11) is 1.31. The van der Waals surface area contributed by atoms with Crippen LogP contribution in [0, 0.1) is 11.8 Å². The summed E-state index contributed by atoms with van der Waals surface area (Å²) < 4.78 is 4.34. The lowest BCUT2D eigenvalue weighted by molar-refractivity contribution is -0.133. The van der Waals surface area contributed by atoms with E-state index in [-0.39, 0.29) is 5.54 Å². The molecule has 0 spiro atoms. The molecule has 68 valence electrons. The molecule has 0 aromatic heterocycles. The van der Waals surface area contributed by atoms with Crippen molar-refractivity contribution in [1.29, 1.82) is 0 Å². The van der Waals surface area contributed by atoms with E-state index in [4.69, 9.17) is 0 Å². The molecule has 1 N–H and O–H groups in total. The van der Waals surface area contributed by atoms with Crippen LogP contribution in [0.1, 0.15) is 20.8 Å². The Morgan fingerprint density at radius 2 is 2.08 bits per heavy atom. The monoisotopic (exact) mass is 169 g/mol. The molecule has 0 aromatic rings. The molecular formula is C9H15NO2. The van der Waals surface area contributed by atoms with Gasteiger partial charge in [0.25, 0.3) is 0 Å². The van der Waals surface area contributed by atoms with E-state index in [2.05, 4.69) is 21.9 Å². The molecule has 0 bridgehead atoms. The van der Waals surface area contributed by atoms with Crippen molar-refractivity contribution < 1.29 is 9.53 Å². The maximum atomic E-state index is 10.5. The van der Waals surface area contributed by atoms with Crippen LogP contribution in [0.25, 0.3) is 0 Å². The first-order valence-electron chi connectivity index (χ1n) is 3.77. The number of carbonyl (C=O) groups is 1. The van der Waals surface area contributed by atoms with E-state index in [1.807, 2.05) is 20.8 Å². The molecule has 0 aliphatic heterocycles. The molecule has 0 atom stereocenters. The molecule has 0 saturated heterocycles. The molecule has 3 heteroatoms. The molecule has 0 aliphatic carbocycles. The number of ether oxygens (including phenoxy) is 1. The molecular weight excluding hydrogens is 154 g/mol. The summed E-state index contributed by atoms with van der Waals surface area (Å²) in [6, 6.07) is 0. The Morgan fingerprint density at radius 1 is 1.50 bits per heavy atom. The predicted molar refractivity (Wildman–Crippen MR) is 47.5 cm³/mol. The van der Waals surface area contributed by atoms with Crippen molar-refractivity contribution in [2.24, 2.45) is 0 Å². The Morgan fingerprint density at radius 3 is 2.50 bits per heavy atom. The Hall–Kier alpha value is -1.01. The van der Waals surface area contributed by atoms with Gasteiger partial charge in [-0.3, -0.25) is 0 Å². The second-order valence-corrected chi connectivity index (χ2v) is 3.40. The van der Waals surface area contributed by atoms with Gasteiger partial charge in [-0.15, -0.1) is 0 Å². The highest BCUT2D eigenvalue weighted by Gasteiger charge is 2.05. The van der Waals surface area contributed by atoms with Crippen LogP contribution in [0.4, 0.5) is 0 Å². The molecule has 0 rings (SSSR count). The number of esters is 1. The lowest BCUT2D eigenvalue weighted by Crippen LogP contribution is -2.35. The van der Waals surface area contributed by atoms with Crippen LogP contribution < -0.4 is 5.32 Å². The highest BCUT2D eigenvalue weighted by atomic mass is 16.5. The van der Waals surface area contributed by atoms with Crippen LogP contribution in [0.2, 0.25) is 0 Å². The normalized spacial score (nSPS) is 10.0. The topological polar surface area (TPSA) is 38.3 Å². The van der Waals surface area contributed by atoms with Crippen LogP contribution in [0.5, 0.6) is 0 Å². The number of hydrogen-bond acceptors (Lipinski definition) is 3. The molecule has 0 aromatic carbocycles. The fraction of sp³-hybridized carbons (Fsp3) is 0.667. The van der Waals surface area contributed by atoms with Crippen LogP contribution in [-0.2, 0) is 9.53 Å². The lowest BCUT2D eigenvalue weighted by atomic mass is 10.1. The van der Waals surface area contributed by atoms with Gasteiger partial charge in [-0.1, -0.05) is 5.92 Å². The van der Waals surface area contributed by atoms with Gasteiger partial charge < -0.3 is 10.1 Å². The van der Waals surface area contributed by atoms with Gasteiger partial charge in [-0.2, -0.15) is 0 Å². The first kappa shape index (κ1) is 11.0. The molecule has 0 radical (unpaired) electrons. The maximum Gasteiger partial charge on any atom is 0.384 e. The summed E-state index contributed by atoms with van der Waals surface area (Å²) in [6.45, 7) is 6.60. The lowest BCUT2D eigenvalue weighted by Gasteiger charge is -2.17. The first-order chi connectivity index (χ1) is 5.45. The number of hydrogen-bond donors (Lipinski definition) is 1. The van der Waals surface area contributed by atoms with Gasteiger partial charge >= 0.3 is 5.97 Å². The van der Waals surface area contributed by atoms with E-state index >= 15 is 0 Å². The van der Waals surface area contributed by atoms with Gasteiger partial charge in [-0.05, 0) is 20.8 Å². The standard InChI is InChI=1S/C9H15NO2/c1-9(2,3)10-7-5-6-8(11)12-4/h10H,7H2,1-4H3. The zero-order valence-corrected chi connectivity index (χ0v) is 8.02. The van der Waals surface area contributed by atoms with Crippen molar-refractivity contribution in [3.63, 3.8) is 0 Å². The summed E-state index contributed by atoms with van der Waals surface area (Å²) in [5.74, 6) is 4.49. The number of carbonyl (C=O) groups excluding carboxylic acids is 1. The van der Waals surface area contributed by atoms with E-state index in [0.29, 0.717) is 6.54 Å². The molecule has 0 fully saturated rings. The van der Waals surface area contributed by atoms with Crippen LogP contribution in [0.15, 0.2) is 0 Å². The Labute approximate surface area is 73.5 Å². The van der Waals surface area contributed by atoms with E-state index in [1.54, 1.807) is 0 Å². The van der Waals surface area contributed by atoms with Crippen molar-refractivity contribution in [2.75, 3.05) is 13.7 Å². The first-order valence-corrected chi connectivity index (χ1v) is 3.77. The number of methoxy groups -OCH3 is 1. The van der Waals surface area contributed by atoms with Crippen molar-refractivity contribution >= 4 is 5.97 Å². The number of nitrogens with one attached hydrogen (secondary N) is 1. The summed E-state index contributed by atoms with van der Waals surface area (Å²) in [5, 5.41) is 3.12. The Bertz CT molecular complexity index is 205. The highest BCUT2D eigenvalue weighted by Crippen LogP contribution is 1.95. The molecule has 0 saturated carbocycles. The fourth-order valence-electron chi connectivity index (χ4n) is 0.477. The third-order valence-electron chi connectivity index (χ3n) is 1.08. The quantitative estimate of drug-likeness (QED) is 0.354. The van der Waals surface area contributed by atoms with Crippen molar-refractivity contribution in [3.8, 4) is 11.8 Å². The van der Waals surface area contributed by atoms with Crippen LogP contribution >= 0.6 is 0 Å². The van der Waals surface area contributed by atoms with Gasteiger partial charge in [0.05, 0.1) is 13.7 Å². The molecule has 0 heterocycles. The van der Waals surface area contributed by atoms with E-state index < -0.39 is 5.97 Å².